The van der Waals surface area contributed by atoms with Crippen molar-refractivity contribution in [2.75, 3.05) is 12.4 Å². The summed E-state index contributed by atoms with van der Waals surface area (Å²) in [7, 11) is 1.61. The van der Waals surface area contributed by atoms with E-state index in [1.54, 1.807) is 13.1 Å². The summed E-state index contributed by atoms with van der Waals surface area (Å²) in [5, 5.41) is 5.98. The number of anilines is 1. The van der Waals surface area contributed by atoms with Crippen LogP contribution in [0.2, 0.25) is 0 Å². The van der Waals surface area contributed by atoms with Crippen molar-refractivity contribution >= 4 is 17.5 Å². The van der Waals surface area contributed by atoms with Crippen molar-refractivity contribution in [3.8, 4) is 0 Å². The summed E-state index contributed by atoms with van der Waals surface area (Å²) in [6, 6.07) is 19.0. The van der Waals surface area contributed by atoms with Gasteiger partial charge in [0.05, 0.1) is 0 Å². The summed E-state index contributed by atoms with van der Waals surface area (Å²) in [6.45, 7) is 17.2. The van der Waals surface area contributed by atoms with Crippen LogP contribution in [0.1, 0.15) is 120 Å². The number of amides is 2. The fourth-order valence-corrected chi connectivity index (χ4v) is 7.25. The van der Waals surface area contributed by atoms with Gasteiger partial charge in [0.2, 0.25) is 0 Å². The minimum Gasteiger partial charge on any atom is -0.355 e. The van der Waals surface area contributed by atoms with Crippen molar-refractivity contribution in [3.63, 3.8) is 0 Å². The summed E-state index contributed by atoms with van der Waals surface area (Å²) < 4.78 is 0. The van der Waals surface area contributed by atoms with E-state index in [4.69, 9.17) is 0 Å². The maximum absolute atomic E-state index is 13.9. The molecule has 214 valence electrons. The first kappa shape index (κ1) is 28.0. The van der Waals surface area contributed by atoms with Gasteiger partial charge in [-0.2, -0.15) is 0 Å². The van der Waals surface area contributed by atoms with Crippen LogP contribution in [0.25, 0.3) is 0 Å². The highest BCUT2D eigenvalue weighted by molar-refractivity contribution is 6.07. The lowest BCUT2D eigenvalue weighted by Crippen LogP contribution is -2.30. The Morgan fingerprint density at radius 3 is 1.79 bits per heavy atom. The second-order valence-corrected chi connectivity index (χ2v) is 13.2. The quantitative estimate of drug-likeness (QED) is 0.231. The van der Waals surface area contributed by atoms with E-state index in [0.29, 0.717) is 11.1 Å². The third-order valence-corrected chi connectivity index (χ3v) is 9.70. The molecule has 2 atom stereocenters. The second-order valence-electron chi connectivity index (χ2n) is 13.2. The molecule has 42 heavy (non-hydrogen) atoms. The molecule has 7 rings (SSSR count). The van der Waals surface area contributed by atoms with Gasteiger partial charge in [-0.05, 0) is 125 Å². The molecule has 4 aromatic rings. The topological polar surface area (TPSA) is 58.2 Å². The van der Waals surface area contributed by atoms with Crippen LogP contribution in [-0.2, 0) is 5.41 Å². The van der Waals surface area contributed by atoms with Crippen LogP contribution in [0.4, 0.5) is 5.69 Å². The van der Waals surface area contributed by atoms with Gasteiger partial charge in [0.1, 0.15) is 0 Å². The maximum atomic E-state index is 13.9. The minimum atomic E-state index is -0.217. The zero-order chi connectivity index (χ0) is 30.2. The third kappa shape index (κ3) is 4.11. The van der Waals surface area contributed by atoms with Gasteiger partial charge >= 0.3 is 0 Å². The number of hydrogen-bond donors (Lipinski definition) is 2. The number of nitrogens with one attached hydrogen (secondary N) is 2. The molecule has 0 saturated heterocycles. The largest absolute Gasteiger partial charge is 0.355 e. The van der Waals surface area contributed by atoms with Crippen LogP contribution in [0.3, 0.4) is 0 Å². The molecule has 4 heteroatoms. The van der Waals surface area contributed by atoms with Crippen molar-refractivity contribution in [1.29, 1.82) is 0 Å². The lowest BCUT2D eigenvalue weighted by Gasteiger charge is -2.45. The Balaban J connectivity index is 1.50. The van der Waals surface area contributed by atoms with Gasteiger partial charge in [-0.25, -0.2) is 0 Å². The molecule has 0 aromatic heterocycles. The number of carbonyl (C=O) groups excluding carboxylic acids is 2. The van der Waals surface area contributed by atoms with Gasteiger partial charge in [-0.3, -0.25) is 9.59 Å². The lowest BCUT2D eigenvalue weighted by atomic mass is 9.58. The molecule has 4 nitrogen and oxygen atoms in total. The third-order valence-electron chi connectivity index (χ3n) is 9.70. The average Bonchev–Trinajstić information content (AvgIpc) is 2.96. The predicted molar refractivity (Wildman–Crippen MR) is 171 cm³/mol. The smallest absolute Gasteiger partial charge is 0.255 e. The van der Waals surface area contributed by atoms with E-state index in [1.165, 1.54) is 50.1 Å². The Hall–Kier alpha value is -4.18. The monoisotopic (exact) mass is 556 g/mol. The molecule has 4 aromatic carbocycles. The van der Waals surface area contributed by atoms with Crippen molar-refractivity contribution in [2.45, 2.75) is 72.6 Å². The first-order valence-corrected chi connectivity index (χ1v) is 14.9. The molecule has 3 aliphatic carbocycles. The molecule has 2 bridgehead atoms. The van der Waals surface area contributed by atoms with E-state index in [2.05, 4.69) is 102 Å². The fraction of sp³-hybridized carbons (Fsp3) is 0.316. The number of rotatable bonds is 3. The number of hydrogen-bond acceptors (Lipinski definition) is 2. The minimum absolute atomic E-state index is 0.121. The number of benzene rings is 4. The SMILES string of the molecule is CNC(=O)c1cc(C(=O)Nc2c(C)cc3c(c2C)C2c4ccccc4C3c3cc(C)c(C)c(C)c32)cc(C(C)(C)C)c1. The summed E-state index contributed by atoms with van der Waals surface area (Å²) in [5.74, 6) is -0.113. The molecule has 3 aliphatic rings. The standard InChI is InChI=1S/C38H40N2O2/c1-19-14-29-31(22(4)21(19)3)34-28-13-11-10-12-27(28)33(29)30-15-20(2)35(23(5)32(30)34)40-37(42)25-16-24(36(41)39-9)17-26(18-25)38(6,7)8/h10-18,33-34H,1-9H3,(H,39,41)(H,40,42). The molecule has 0 fully saturated rings. The van der Waals surface area contributed by atoms with Gasteiger partial charge in [0.25, 0.3) is 11.8 Å². The highest BCUT2D eigenvalue weighted by atomic mass is 16.2. The zero-order valence-electron chi connectivity index (χ0n) is 26.2. The molecular weight excluding hydrogens is 516 g/mol. The Morgan fingerprint density at radius 1 is 0.643 bits per heavy atom. The number of carbonyl (C=O) groups is 2. The Morgan fingerprint density at radius 2 is 1.19 bits per heavy atom. The summed E-state index contributed by atoms with van der Waals surface area (Å²) in [4.78, 5) is 26.5. The van der Waals surface area contributed by atoms with E-state index in [0.717, 1.165) is 22.4 Å². The van der Waals surface area contributed by atoms with Crippen LogP contribution in [0, 0.1) is 34.6 Å². The molecule has 0 spiro atoms. The van der Waals surface area contributed by atoms with E-state index in [-0.39, 0.29) is 29.1 Å². The van der Waals surface area contributed by atoms with Gasteiger partial charge < -0.3 is 10.6 Å². The zero-order valence-corrected chi connectivity index (χ0v) is 26.2. The normalized spacial score (nSPS) is 16.4. The highest BCUT2D eigenvalue weighted by Gasteiger charge is 2.44. The molecule has 2 unspecified atom stereocenters. The van der Waals surface area contributed by atoms with Gasteiger partial charge in [-0.15, -0.1) is 0 Å². The first-order chi connectivity index (χ1) is 19.8. The van der Waals surface area contributed by atoms with Crippen LogP contribution in [0.5, 0.6) is 0 Å². The Bertz CT molecular complexity index is 1820. The molecule has 2 amide bonds. The van der Waals surface area contributed by atoms with Gasteiger partial charge in [0, 0.05) is 35.7 Å². The highest BCUT2D eigenvalue weighted by Crippen LogP contribution is 2.58. The van der Waals surface area contributed by atoms with E-state index < -0.39 is 0 Å². The van der Waals surface area contributed by atoms with Gasteiger partial charge in [-0.1, -0.05) is 57.2 Å². The molecular formula is C38H40N2O2. The molecule has 2 N–H and O–H groups in total. The summed E-state index contributed by atoms with van der Waals surface area (Å²) in [5.41, 5.74) is 17.0. The second kappa shape index (κ2) is 9.69. The number of aryl methyl sites for hydroxylation is 2. The predicted octanol–water partition coefficient (Wildman–Crippen LogP) is 8.13. The van der Waals surface area contributed by atoms with Crippen molar-refractivity contribution < 1.29 is 9.59 Å². The van der Waals surface area contributed by atoms with Crippen molar-refractivity contribution in [3.05, 3.63) is 132 Å². The lowest BCUT2D eigenvalue weighted by molar-refractivity contribution is 0.0963. The fourth-order valence-electron chi connectivity index (χ4n) is 7.25. The van der Waals surface area contributed by atoms with Crippen LogP contribution in [-0.4, -0.2) is 18.9 Å². The Kier molecular flexibility index (Phi) is 6.45. The van der Waals surface area contributed by atoms with Gasteiger partial charge in [0.15, 0.2) is 0 Å². The van der Waals surface area contributed by atoms with E-state index in [9.17, 15) is 9.59 Å². The van der Waals surface area contributed by atoms with Crippen molar-refractivity contribution in [2.24, 2.45) is 0 Å². The van der Waals surface area contributed by atoms with Crippen LogP contribution in [0.15, 0.2) is 54.6 Å². The molecule has 0 aliphatic heterocycles. The van der Waals surface area contributed by atoms with Crippen LogP contribution < -0.4 is 10.6 Å². The van der Waals surface area contributed by atoms with E-state index in [1.807, 2.05) is 12.1 Å². The first-order valence-electron chi connectivity index (χ1n) is 14.9. The molecule has 0 saturated carbocycles. The summed E-state index contributed by atoms with van der Waals surface area (Å²) in [6.07, 6.45) is 0. The maximum Gasteiger partial charge on any atom is 0.255 e. The molecule has 0 radical (unpaired) electrons. The van der Waals surface area contributed by atoms with E-state index >= 15 is 0 Å². The summed E-state index contributed by atoms with van der Waals surface area (Å²) >= 11 is 0. The van der Waals surface area contributed by atoms with Crippen LogP contribution >= 0.6 is 0 Å². The van der Waals surface area contributed by atoms with Crippen molar-refractivity contribution in [1.82, 2.24) is 5.32 Å². The molecule has 0 heterocycles. The Labute approximate surface area is 249 Å². The average molecular weight is 557 g/mol.